The Morgan fingerprint density at radius 2 is 1.79 bits per heavy atom. The molecule has 0 radical (unpaired) electrons. The van der Waals surface area contributed by atoms with E-state index in [1.807, 2.05) is 6.08 Å². The van der Waals surface area contributed by atoms with Crippen molar-refractivity contribution < 1.29 is 9.47 Å². The minimum atomic E-state index is -0.500. The van der Waals surface area contributed by atoms with Crippen molar-refractivity contribution in [3.63, 3.8) is 0 Å². The van der Waals surface area contributed by atoms with Gasteiger partial charge < -0.3 is 9.47 Å². The molecule has 0 saturated heterocycles. The van der Waals surface area contributed by atoms with Crippen LogP contribution >= 0.6 is 0 Å². The molecule has 0 heterocycles. The van der Waals surface area contributed by atoms with Crippen LogP contribution in [0.5, 0.6) is 0 Å². The molecule has 3 heteroatoms. The molecule has 0 aromatic heterocycles. The highest BCUT2D eigenvalue weighted by molar-refractivity contribution is 6.54. The Morgan fingerprint density at radius 3 is 2.21 bits per heavy atom. The van der Waals surface area contributed by atoms with Crippen molar-refractivity contribution in [1.82, 2.24) is 0 Å². The number of hydrogen-bond donors (Lipinski definition) is 0. The molecule has 2 nitrogen and oxygen atoms in total. The average molecular weight is 208 g/mol. The first kappa shape index (κ1) is 11.2. The Bertz CT molecular complexity index is 278. The molecule has 0 saturated carbocycles. The largest absolute Gasteiger partial charge is 0.360 e. The molecule has 76 valence electrons. The van der Waals surface area contributed by atoms with E-state index in [9.17, 15) is 0 Å². The summed E-state index contributed by atoms with van der Waals surface area (Å²) in [5.41, 5.74) is 1.15. The zero-order valence-electron chi connectivity index (χ0n) is 8.69. The summed E-state index contributed by atoms with van der Waals surface area (Å²) < 4.78 is 10.4. The molecule has 0 amide bonds. The second kappa shape index (κ2) is 5.75. The lowest BCUT2D eigenvalue weighted by Gasteiger charge is -2.12. The van der Waals surface area contributed by atoms with Gasteiger partial charge in [0.15, 0.2) is 0 Å². The van der Waals surface area contributed by atoms with E-state index in [0.717, 1.165) is 5.56 Å². The predicted octanol–water partition coefficient (Wildman–Crippen LogP) is 0.700. The quantitative estimate of drug-likeness (QED) is 0.524. The number of benzene rings is 1. The van der Waals surface area contributed by atoms with Gasteiger partial charge in [-0.2, -0.15) is 0 Å². The monoisotopic (exact) mass is 208 g/mol. The lowest BCUT2D eigenvalue weighted by Crippen LogP contribution is -2.30. The van der Waals surface area contributed by atoms with Crippen LogP contribution in [0.1, 0.15) is 5.56 Å². The van der Waals surface area contributed by atoms with Crippen LogP contribution in [0.4, 0.5) is 0 Å². The van der Waals surface area contributed by atoms with Crippen molar-refractivity contribution in [3.05, 3.63) is 36.4 Å². The first-order valence-electron chi connectivity index (χ1n) is 4.57. The van der Waals surface area contributed by atoms with Gasteiger partial charge in [0.2, 0.25) is 0 Å². The Labute approximate surface area is 87.4 Å². The van der Waals surface area contributed by atoms with Crippen LogP contribution in [0.15, 0.2) is 30.8 Å². The zero-order chi connectivity index (χ0) is 10.4. The fourth-order valence-corrected chi connectivity index (χ4v) is 2.47. The van der Waals surface area contributed by atoms with Crippen LogP contribution in [0.3, 0.4) is 0 Å². The average Bonchev–Trinajstić information content (AvgIpc) is 2.26. The van der Waals surface area contributed by atoms with Crippen molar-refractivity contribution >= 4 is 20.8 Å². The van der Waals surface area contributed by atoms with Crippen molar-refractivity contribution in [1.29, 1.82) is 0 Å². The van der Waals surface area contributed by atoms with Gasteiger partial charge in [-0.05, 0) is 5.56 Å². The van der Waals surface area contributed by atoms with E-state index in [0.29, 0.717) is 0 Å². The van der Waals surface area contributed by atoms with Crippen molar-refractivity contribution in [2.75, 3.05) is 14.2 Å². The van der Waals surface area contributed by atoms with E-state index < -0.39 is 9.52 Å². The smallest absolute Gasteiger partial charge is 0.139 e. The highest BCUT2D eigenvalue weighted by Crippen LogP contribution is 1.98. The molecule has 1 aromatic carbocycles. The van der Waals surface area contributed by atoms with Gasteiger partial charge in [-0.1, -0.05) is 42.1 Å². The van der Waals surface area contributed by atoms with Gasteiger partial charge in [-0.25, -0.2) is 0 Å². The Balaban J connectivity index is 2.63. The highest BCUT2D eigenvalue weighted by Gasteiger charge is 2.06. The number of methoxy groups -OCH3 is 2. The first-order chi connectivity index (χ1) is 6.80. The van der Waals surface area contributed by atoms with E-state index >= 15 is 0 Å². The Morgan fingerprint density at radius 1 is 1.21 bits per heavy atom. The molecule has 0 unspecified atom stereocenters. The summed E-state index contributed by atoms with van der Waals surface area (Å²) in [5, 5.41) is 1.34. The van der Waals surface area contributed by atoms with Crippen LogP contribution in [0.2, 0.25) is 0 Å². The summed E-state index contributed by atoms with van der Waals surface area (Å²) in [6.07, 6.45) is 1.84. The second-order valence-electron chi connectivity index (χ2n) is 3.05. The van der Waals surface area contributed by atoms with Crippen LogP contribution in [-0.4, -0.2) is 29.7 Å². The Hall–Kier alpha value is -0.903. The summed E-state index contributed by atoms with van der Waals surface area (Å²) in [4.78, 5) is 0. The zero-order valence-corrected chi connectivity index (χ0v) is 10.1. The van der Waals surface area contributed by atoms with E-state index in [1.165, 1.54) is 5.19 Å². The molecule has 1 aromatic rings. The molecular formula is C11H16O2Si. The van der Waals surface area contributed by atoms with Crippen molar-refractivity contribution in [2.24, 2.45) is 0 Å². The molecular weight excluding hydrogens is 192 g/mol. The molecule has 0 bridgehead atoms. The lowest BCUT2D eigenvalue weighted by molar-refractivity contribution is -0.0429. The van der Waals surface area contributed by atoms with Gasteiger partial charge >= 0.3 is 0 Å². The van der Waals surface area contributed by atoms with Crippen LogP contribution < -0.4 is 5.19 Å². The summed E-state index contributed by atoms with van der Waals surface area (Å²) in [5.74, 6) is -0.0235. The molecule has 14 heavy (non-hydrogen) atoms. The fraction of sp³-hybridized carbons (Fsp3) is 0.273. The third-order valence-corrected chi connectivity index (χ3v) is 4.09. The topological polar surface area (TPSA) is 18.5 Å². The van der Waals surface area contributed by atoms with Crippen molar-refractivity contribution in [3.8, 4) is 0 Å². The SMILES string of the molecule is C=Cc1ccc([SiH2]C(OC)OC)cc1. The molecule has 0 N–H and O–H groups in total. The van der Waals surface area contributed by atoms with Crippen molar-refractivity contribution in [2.45, 2.75) is 5.91 Å². The summed E-state index contributed by atoms with van der Waals surface area (Å²) in [6, 6.07) is 8.37. The second-order valence-corrected chi connectivity index (χ2v) is 4.94. The predicted molar refractivity (Wildman–Crippen MR) is 62.5 cm³/mol. The number of rotatable bonds is 5. The van der Waals surface area contributed by atoms with Crippen LogP contribution in [0, 0.1) is 0 Å². The maximum Gasteiger partial charge on any atom is 0.139 e. The molecule has 0 spiro atoms. The summed E-state index contributed by atoms with van der Waals surface area (Å²) in [6.45, 7) is 3.72. The van der Waals surface area contributed by atoms with E-state index in [2.05, 4.69) is 30.8 Å². The van der Waals surface area contributed by atoms with Gasteiger partial charge in [0.25, 0.3) is 0 Å². The van der Waals surface area contributed by atoms with Crippen LogP contribution in [-0.2, 0) is 9.47 Å². The van der Waals surface area contributed by atoms with E-state index in [4.69, 9.17) is 9.47 Å². The van der Waals surface area contributed by atoms with Gasteiger partial charge in [0.1, 0.15) is 15.4 Å². The van der Waals surface area contributed by atoms with Gasteiger partial charge in [-0.15, -0.1) is 0 Å². The maximum atomic E-state index is 5.18. The molecule has 0 aliphatic rings. The summed E-state index contributed by atoms with van der Waals surface area (Å²) in [7, 11) is 2.86. The fourth-order valence-electron chi connectivity index (χ4n) is 1.25. The van der Waals surface area contributed by atoms with E-state index in [1.54, 1.807) is 14.2 Å². The van der Waals surface area contributed by atoms with E-state index in [-0.39, 0.29) is 5.91 Å². The molecule has 0 fully saturated rings. The normalized spacial score (nSPS) is 11.4. The third-order valence-electron chi connectivity index (χ3n) is 2.14. The summed E-state index contributed by atoms with van der Waals surface area (Å²) >= 11 is 0. The Kier molecular flexibility index (Phi) is 4.59. The number of ether oxygens (including phenoxy) is 2. The van der Waals surface area contributed by atoms with Gasteiger partial charge in [0.05, 0.1) is 0 Å². The number of hydrogen-bond acceptors (Lipinski definition) is 2. The van der Waals surface area contributed by atoms with Gasteiger partial charge in [-0.3, -0.25) is 0 Å². The highest BCUT2D eigenvalue weighted by atomic mass is 28.2. The van der Waals surface area contributed by atoms with Crippen LogP contribution in [0.25, 0.3) is 6.08 Å². The maximum absolute atomic E-state index is 5.18. The lowest BCUT2D eigenvalue weighted by atomic mass is 10.2. The molecule has 0 aliphatic heterocycles. The molecule has 0 atom stereocenters. The minimum Gasteiger partial charge on any atom is -0.360 e. The molecule has 1 rings (SSSR count). The third kappa shape index (κ3) is 3.10. The minimum absolute atomic E-state index is 0.0235. The van der Waals surface area contributed by atoms with Gasteiger partial charge in [0, 0.05) is 14.2 Å². The standard InChI is InChI=1S/C11H16O2Si/c1-4-9-5-7-10(8-6-9)14-11(12-2)13-3/h4-8,11H,1,14H2,2-3H3. The molecule has 0 aliphatic carbocycles. The first-order valence-corrected chi connectivity index (χ1v) is 6.09.